The van der Waals surface area contributed by atoms with Gasteiger partial charge >= 0.3 is 11.7 Å². The minimum absolute atomic E-state index is 0.149. The largest absolute Gasteiger partial charge is 0.444 e. The van der Waals surface area contributed by atoms with Crippen molar-refractivity contribution in [3.63, 3.8) is 0 Å². The predicted molar refractivity (Wildman–Crippen MR) is 117 cm³/mol. The van der Waals surface area contributed by atoms with E-state index in [1.54, 1.807) is 69.3 Å². The Morgan fingerprint density at radius 2 is 1.84 bits per heavy atom. The maximum absolute atomic E-state index is 13.3. The number of hydrogen-bond acceptors (Lipinski definition) is 6. The zero-order chi connectivity index (χ0) is 23.1. The summed E-state index contributed by atoms with van der Waals surface area (Å²) in [5.41, 5.74) is -1.78. The van der Waals surface area contributed by atoms with Gasteiger partial charge in [0, 0.05) is 23.1 Å². The Hall–Kier alpha value is -4.12. The van der Waals surface area contributed by atoms with E-state index in [1.807, 2.05) is 6.07 Å². The SMILES string of the molecule is CC(C)(C)OC(=O)N[C@@]1(Cc2c(C#N)c(=O)oc3ccccc23)C(=O)Nc2ccccc21. The van der Waals surface area contributed by atoms with Crippen LogP contribution in [-0.4, -0.2) is 17.6 Å². The topological polar surface area (TPSA) is 121 Å². The lowest BCUT2D eigenvalue weighted by Crippen LogP contribution is -2.53. The summed E-state index contributed by atoms with van der Waals surface area (Å²) in [6.07, 6.45) is -0.945. The first-order valence-electron chi connectivity index (χ1n) is 10.0. The van der Waals surface area contributed by atoms with Crippen molar-refractivity contribution < 1.29 is 18.7 Å². The summed E-state index contributed by atoms with van der Waals surface area (Å²) < 4.78 is 10.7. The molecule has 0 spiro atoms. The van der Waals surface area contributed by atoms with Gasteiger partial charge in [-0.3, -0.25) is 4.79 Å². The van der Waals surface area contributed by atoms with E-state index in [-0.39, 0.29) is 17.6 Å². The highest BCUT2D eigenvalue weighted by Crippen LogP contribution is 2.40. The lowest BCUT2D eigenvalue weighted by molar-refractivity contribution is -0.122. The molecule has 0 bridgehead atoms. The highest BCUT2D eigenvalue weighted by Gasteiger charge is 2.49. The number of alkyl carbamates (subject to hydrolysis) is 1. The van der Waals surface area contributed by atoms with Crippen LogP contribution in [0.3, 0.4) is 0 Å². The molecular formula is C24H21N3O5. The van der Waals surface area contributed by atoms with Crippen LogP contribution < -0.4 is 16.3 Å². The average molecular weight is 431 g/mol. The Morgan fingerprint density at radius 3 is 2.56 bits per heavy atom. The van der Waals surface area contributed by atoms with Gasteiger partial charge < -0.3 is 19.8 Å². The maximum Gasteiger partial charge on any atom is 0.408 e. The molecular weight excluding hydrogens is 410 g/mol. The van der Waals surface area contributed by atoms with E-state index in [1.165, 1.54) is 0 Å². The van der Waals surface area contributed by atoms with Gasteiger partial charge in [0.2, 0.25) is 0 Å². The zero-order valence-corrected chi connectivity index (χ0v) is 17.8. The van der Waals surface area contributed by atoms with Gasteiger partial charge in [0.05, 0.1) is 0 Å². The number of nitrogens with zero attached hydrogens (tertiary/aromatic N) is 1. The Kier molecular flexibility index (Phi) is 4.97. The maximum atomic E-state index is 13.3. The van der Waals surface area contributed by atoms with Gasteiger partial charge in [-0.05, 0) is 38.5 Å². The van der Waals surface area contributed by atoms with Gasteiger partial charge in [0.1, 0.15) is 22.8 Å². The van der Waals surface area contributed by atoms with Crippen LogP contribution in [0.1, 0.15) is 37.5 Å². The number of amides is 2. The first-order chi connectivity index (χ1) is 15.1. The molecule has 0 aliphatic carbocycles. The second-order valence-electron chi connectivity index (χ2n) is 8.56. The van der Waals surface area contributed by atoms with Gasteiger partial charge in [-0.25, -0.2) is 9.59 Å². The zero-order valence-electron chi connectivity index (χ0n) is 17.8. The molecule has 2 amide bonds. The number of ether oxygens (including phenoxy) is 1. The molecule has 0 unspecified atom stereocenters. The Bertz CT molecular complexity index is 1350. The van der Waals surface area contributed by atoms with Crippen molar-refractivity contribution in [1.29, 1.82) is 5.26 Å². The van der Waals surface area contributed by atoms with Gasteiger partial charge in [0.15, 0.2) is 5.54 Å². The van der Waals surface area contributed by atoms with Crippen LogP contribution in [0.4, 0.5) is 10.5 Å². The van der Waals surface area contributed by atoms with Crippen molar-refractivity contribution in [3.05, 3.63) is 75.6 Å². The Balaban J connectivity index is 1.93. The number of nitrogens with one attached hydrogen (secondary N) is 2. The highest BCUT2D eigenvalue weighted by atomic mass is 16.6. The van der Waals surface area contributed by atoms with E-state index in [4.69, 9.17) is 9.15 Å². The molecule has 1 aromatic heterocycles. The predicted octanol–water partition coefficient (Wildman–Crippen LogP) is 3.58. The fourth-order valence-corrected chi connectivity index (χ4v) is 3.91. The molecule has 32 heavy (non-hydrogen) atoms. The van der Waals surface area contributed by atoms with Gasteiger partial charge in [-0.1, -0.05) is 36.4 Å². The summed E-state index contributed by atoms with van der Waals surface area (Å²) in [6, 6.07) is 15.6. The van der Waals surface area contributed by atoms with E-state index < -0.39 is 28.8 Å². The normalized spacial score (nSPS) is 17.4. The molecule has 1 atom stereocenters. The van der Waals surface area contributed by atoms with Crippen LogP contribution in [-0.2, 0) is 21.5 Å². The number of rotatable bonds is 3. The third kappa shape index (κ3) is 3.58. The summed E-state index contributed by atoms with van der Waals surface area (Å²) >= 11 is 0. The minimum atomic E-state index is -1.60. The third-order valence-electron chi connectivity index (χ3n) is 5.21. The van der Waals surface area contributed by atoms with Crippen LogP contribution in [0.5, 0.6) is 0 Å². The van der Waals surface area contributed by atoms with Crippen LogP contribution in [0.2, 0.25) is 0 Å². The molecule has 2 heterocycles. The van der Waals surface area contributed by atoms with Crippen molar-refractivity contribution >= 4 is 28.7 Å². The van der Waals surface area contributed by atoms with E-state index >= 15 is 0 Å². The van der Waals surface area contributed by atoms with Crippen LogP contribution >= 0.6 is 0 Å². The molecule has 1 aliphatic heterocycles. The number of carbonyl (C=O) groups excluding carboxylic acids is 2. The molecule has 0 fully saturated rings. The molecule has 0 saturated heterocycles. The molecule has 1 aliphatic rings. The van der Waals surface area contributed by atoms with Crippen LogP contribution in [0.25, 0.3) is 11.0 Å². The number of carbonyl (C=O) groups is 2. The smallest absolute Gasteiger partial charge is 0.408 e. The molecule has 3 aromatic rings. The molecule has 162 valence electrons. The lowest BCUT2D eigenvalue weighted by atomic mass is 9.83. The van der Waals surface area contributed by atoms with Crippen molar-refractivity contribution in [2.45, 2.75) is 38.3 Å². The van der Waals surface area contributed by atoms with Crippen LogP contribution in [0.15, 0.2) is 57.7 Å². The van der Waals surface area contributed by atoms with E-state index in [0.29, 0.717) is 22.2 Å². The van der Waals surface area contributed by atoms with Crippen molar-refractivity contribution in [1.82, 2.24) is 5.32 Å². The first-order valence-corrected chi connectivity index (χ1v) is 10.0. The molecule has 0 radical (unpaired) electrons. The summed E-state index contributed by atoms with van der Waals surface area (Å²) in [4.78, 5) is 38.6. The van der Waals surface area contributed by atoms with Crippen molar-refractivity contribution in [2.75, 3.05) is 5.32 Å². The minimum Gasteiger partial charge on any atom is -0.444 e. The summed E-state index contributed by atoms with van der Waals surface area (Å²) in [7, 11) is 0. The van der Waals surface area contributed by atoms with E-state index in [9.17, 15) is 19.6 Å². The molecule has 2 N–H and O–H groups in total. The Labute approximate surface area is 183 Å². The second kappa shape index (κ2) is 7.54. The summed E-state index contributed by atoms with van der Waals surface area (Å²) in [6.45, 7) is 5.14. The molecule has 8 nitrogen and oxygen atoms in total. The number of hydrogen-bond donors (Lipinski definition) is 2. The monoisotopic (exact) mass is 431 g/mol. The van der Waals surface area contributed by atoms with Gasteiger partial charge in [-0.15, -0.1) is 0 Å². The fourth-order valence-electron chi connectivity index (χ4n) is 3.91. The number of anilines is 1. The average Bonchev–Trinajstić information content (AvgIpc) is 2.98. The number of nitriles is 1. The molecule has 2 aromatic carbocycles. The van der Waals surface area contributed by atoms with Gasteiger partial charge in [-0.2, -0.15) is 5.26 Å². The van der Waals surface area contributed by atoms with Crippen LogP contribution in [0, 0.1) is 11.3 Å². The molecule has 0 saturated carbocycles. The summed E-state index contributed by atoms with van der Waals surface area (Å²) in [5.74, 6) is -0.495. The lowest BCUT2D eigenvalue weighted by Gasteiger charge is -2.31. The second-order valence-corrected chi connectivity index (χ2v) is 8.56. The highest BCUT2D eigenvalue weighted by molar-refractivity contribution is 6.08. The summed E-state index contributed by atoms with van der Waals surface area (Å²) in [5, 5.41) is 15.7. The number of para-hydroxylation sites is 2. The van der Waals surface area contributed by atoms with Crippen molar-refractivity contribution in [3.8, 4) is 6.07 Å². The molecule has 4 rings (SSSR count). The van der Waals surface area contributed by atoms with E-state index in [2.05, 4.69) is 10.6 Å². The quantitative estimate of drug-likeness (QED) is 0.612. The fraction of sp³-hybridized carbons (Fsp3) is 0.250. The first kappa shape index (κ1) is 21.1. The third-order valence-corrected chi connectivity index (χ3v) is 5.21. The van der Waals surface area contributed by atoms with E-state index in [0.717, 1.165) is 0 Å². The number of fused-ring (bicyclic) bond motifs is 2. The molecule has 8 heteroatoms. The van der Waals surface area contributed by atoms with Gasteiger partial charge in [0.25, 0.3) is 5.91 Å². The standard InChI is InChI=1S/C24H21N3O5/c1-23(2,3)32-22(30)27-24(17-9-5-6-10-18(17)26-21(24)29)12-15-14-8-4-7-11-19(14)31-20(28)16(15)13-25/h4-11H,12H2,1-3H3,(H,26,29)(H,27,30)/t24-/m1/s1. The van der Waals surface area contributed by atoms with Crippen molar-refractivity contribution in [2.24, 2.45) is 0 Å². The number of benzene rings is 2. The Morgan fingerprint density at radius 1 is 1.16 bits per heavy atom.